The number of carbonyl (C=O) groups excluding carboxylic acids is 1. The highest BCUT2D eigenvalue weighted by atomic mass is 16.3. The van der Waals surface area contributed by atoms with Crippen molar-refractivity contribution in [3.63, 3.8) is 0 Å². The zero-order valence-electron chi connectivity index (χ0n) is 13.4. The summed E-state index contributed by atoms with van der Waals surface area (Å²) in [7, 11) is 3.84. The Morgan fingerprint density at radius 2 is 2.09 bits per heavy atom. The zero-order chi connectivity index (χ0) is 16.4. The van der Waals surface area contributed by atoms with E-state index in [2.05, 4.69) is 10.2 Å². The van der Waals surface area contributed by atoms with Gasteiger partial charge < -0.3 is 14.9 Å². The highest BCUT2D eigenvalue weighted by Gasteiger charge is 2.38. The van der Waals surface area contributed by atoms with Crippen molar-refractivity contribution in [3.8, 4) is 5.69 Å². The Balaban J connectivity index is 1.75. The Hall–Kier alpha value is -2.25. The quantitative estimate of drug-likeness (QED) is 0.884. The Bertz CT molecular complexity index is 686. The van der Waals surface area contributed by atoms with Crippen molar-refractivity contribution in [2.45, 2.75) is 12.0 Å². The van der Waals surface area contributed by atoms with Gasteiger partial charge in [0, 0.05) is 24.3 Å². The molecule has 0 aliphatic carbocycles. The molecule has 122 valence electrons. The van der Waals surface area contributed by atoms with Crippen LogP contribution in [0.25, 0.3) is 5.69 Å². The Morgan fingerprint density at radius 3 is 2.78 bits per heavy atom. The first-order valence-corrected chi connectivity index (χ1v) is 7.58. The first-order valence-electron chi connectivity index (χ1n) is 7.58. The normalized spacial score (nSPS) is 21.1. The summed E-state index contributed by atoms with van der Waals surface area (Å²) in [6.45, 7) is 1.48. The van der Waals surface area contributed by atoms with E-state index in [4.69, 9.17) is 0 Å². The molecular formula is C16H21N5O2. The molecule has 1 amide bonds. The molecule has 7 heteroatoms. The number of amides is 1. The lowest BCUT2D eigenvalue weighted by Gasteiger charge is -2.26. The summed E-state index contributed by atoms with van der Waals surface area (Å²) >= 11 is 0. The SMILES string of the molecule is CN(C)C[C@@]1(O)CCN(C(=O)c2cccc(-n3cnnc3)c2)C1. The average Bonchev–Trinajstić information content (AvgIpc) is 3.16. The van der Waals surface area contributed by atoms with E-state index in [1.165, 1.54) is 0 Å². The number of aromatic nitrogens is 3. The number of benzene rings is 1. The van der Waals surface area contributed by atoms with E-state index in [9.17, 15) is 9.90 Å². The van der Waals surface area contributed by atoms with Crippen LogP contribution in [0.1, 0.15) is 16.8 Å². The minimum Gasteiger partial charge on any atom is -0.387 e. The van der Waals surface area contributed by atoms with Crippen molar-refractivity contribution in [1.29, 1.82) is 0 Å². The summed E-state index contributed by atoms with van der Waals surface area (Å²) in [5.74, 6) is -0.0606. The molecular weight excluding hydrogens is 294 g/mol. The average molecular weight is 315 g/mol. The van der Waals surface area contributed by atoms with Gasteiger partial charge in [0.25, 0.3) is 5.91 Å². The third kappa shape index (κ3) is 3.40. The van der Waals surface area contributed by atoms with Gasteiger partial charge in [-0.2, -0.15) is 0 Å². The van der Waals surface area contributed by atoms with Crippen LogP contribution in [0.3, 0.4) is 0 Å². The molecule has 2 aromatic rings. The van der Waals surface area contributed by atoms with Crippen LogP contribution in [0.4, 0.5) is 0 Å². The smallest absolute Gasteiger partial charge is 0.254 e. The molecule has 3 rings (SSSR count). The van der Waals surface area contributed by atoms with Gasteiger partial charge in [-0.15, -0.1) is 10.2 Å². The minimum absolute atomic E-state index is 0.0606. The van der Waals surface area contributed by atoms with Gasteiger partial charge in [0.15, 0.2) is 0 Å². The van der Waals surface area contributed by atoms with E-state index >= 15 is 0 Å². The molecule has 0 spiro atoms. The maximum atomic E-state index is 12.7. The molecule has 1 atom stereocenters. The predicted octanol–water partition coefficient (Wildman–Crippen LogP) is 0.406. The van der Waals surface area contributed by atoms with Gasteiger partial charge in [-0.3, -0.25) is 9.36 Å². The van der Waals surface area contributed by atoms with Crippen LogP contribution in [0.5, 0.6) is 0 Å². The number of nitrogens with zero attached hydrogens (tertiary/aromatic N) is 5. The molecule has 23 heavy (non-hydrogen) atoms. The van der Waals surface area contributed by atoms with Crippen molar-refractivity contribution in [3.05, 3.63) is 42.5 Å². The van der Waals surface area contributed by atoms with Crippen LogP contribution in [0.2, 0.25) is 0 Å². The molecule has 0 unspecified atom stereocenters. The van der Waals surface area contributed by atoms with Gasteiger partial charge in [-0.25, -0.2) is 0 Å². The fourth-order valence-electron chi connectivity index (χ4n) is 3.06. The number of aliphatic hydroxyl groups is 1. The first kappa shape index (κ1) is 15.6. The van der Waals surface area contributed by atoms with Crippen molar-refractivity contribution >= 4 is 5.91 Å². The fourth-order valence-corrected chi connectivity index (χ4v) is 3.06. The Kier molecular flexibility index (Phi) is 4.14. The summed E-state index contributed by atoms with van der Waals surface area (Å²) in [6, 6.07) is 7.34. The lowest BCUT2D eigenvalue weighted by Crippen LogP contribution is -2.43. The number of likely N-dealkylation sites (N-methyl/N-ethyl adjacent to an activating group) is 1. The third-order valence-electron chi connectivity index (χ3n) is 4.04. The topological polar surface area (TPSA) is 74.5 Å². The van der Waals surface area contributed by atoms with Crippen LogP contribution in [0.15, 0.2) is 36.9 Å². The monoisotopic (exact) mass is 315 g/mol. The second-order valence-electron chi connectivity index (χ2n) is 6.36. The molecule has 0 saturated carbocycles. The van der Waals surface area contributed by atoms with E-state index in [0.29, 0.717) is 31.6 Å². The number of hydrogen-bond acceptors (Lipinski definition) is 5. The number of hydrogen-bond donors (Lipinski definition) is 1. The van der Waals surface area contributed by atoms with Crippen molar-refractivity contribution in [2.75, 3.05) is 33.7 Å². The summed E-state index contributed by atoms with van der Waals surface area (Å²) < 4.78 is 1.75. The van der Waals surface area contributed by atoms with Gasteiger partial charge in [-0.1, -0.05) is 6.07 Å². The largest absolute Gasteiger partial charge is 0.387 e. The highest BCUT2D eigenvalue weighted by Crippen LogP contribution is 2.24. The van der Waals surface area contributed by atoms with Crippen LogP contribution < -0.4 is 0 Å². The summed E-state index contributed by atoms with van der Waals surface area (Å²) in [6.07, 6.45) is 3.78. The number of rotatable bonds is 4. The third-order valence-corrected chi connectivity index (χ3v) is 4.04. The van der Waals surface area contributed by atoms with E-state index in [1.807, 2.05) is 37.2 Å². The Labute approximate surface area is 135 Å². The molecule has 1 aliphatic rings. The lowest BCUT2D eigenvalue weighted by atomic mass is 10.0. The molecule has 1 aliphatic heterocycles. The van der Waals surface area contributed by atoms with Crippen molar-refractivity contribution in [2.24, 2.45) is 0 Å². The predicted molar refractivity (Wildman–Crippen MR) is 85.4 cm³/mol. The zero-order valence-corrected chi connectivity index (χ0v) is 13.4. The maximum absolute atomic E-state index is 12.7. The second-order valence-corrected chi connectivity index (χ2v) is 6.36. The lowest BCUT2D eigenvalue weighted by molar-refractivity contribution is 0.0236. The van der Waals surface area contributed by atoms with Crippen molar-refractivity contribution in [1.82, 2.24) is 24.6 Å². The summed E-state index contributed by atoms with van der Waals surface area (Å²) in [5.41, 5.74) is 0.610. The van der Waals surface area contributed by atoms with Gasteiger partial charge >= 0.3 is 0 Å². The summed E-state index contributed by atoms with van der Waals surface area (Å²) in [4.78, 5) is 16.4. The van der Waals surface area contributed by atoms with E-state index in [0.717, 1.165) is 5.69 Å². The standard InChI is InChI=1S/C16H21N5O2/c1-19(2)9-16(23)6-7-20(10-16)15(22)13-4-3-5-14(8-13)21-11-17-18-12-21/h3-5,8,11-12,23H,6-7,9-10H2,1-2H3/t16-/m0/s1. The number of likely N-dealkylation sites (tertiary alicyclic amines) is 1. The molecule has 0 bridgehead atoms. The number of β-amino-alcohol motifs (C(OH)–C–C–N with tert-alkyl or cyclic N) is 1. The molecule has 1 aromatic heterocycles. The molecule has 1 N–H and O–H groups in total. The number of carbonyl (C=O) groups is 1. The van der Waals surface area contributed by atoms with Crippen molar-refractivity contribution < 1.29 is 9.90 Å². The van der Waals surface area contributed by atoms with Gasteiger partial charge in [-0.05, 0) is 38.7 Å². The molecule has 1 fully saturated rings. The van der Waals surface area contributed by atoms with Gasteiger partial charge in [0.1, 0.15) is 12.7 Å². The van der Waals surface area contributed by atoms with Crippen LogP contribution >= 0.6 is 0 Å². The van der Waals surface area contributed by atoms with Crippen LogP contribution in [-0.2, 0) is 0 Å². The van der Waals surface area contributed by atoms with E-state index in [-0.39, 0.29) is 5.91 Å². The summed E-state index contributed by atoms with van der Waals surface area (Å²) in [5, 5.41) is 18.1. The van der Waals surface area contributed by atoms with Crippen LogP contribution in [-0.4, -0.2) is 74.9 Å². The molecule has 1 saturated heterocycles. The van der Waals surface area contributed by atoms with Crippen LogP contribution in [0, 0.1) is 0 Å². The van der Waals surface area contributed by atoms with Gasteiger partial charge in [0.2, 0.25) is 0 Å². The molecule has 7 nitrogen and oxygen atoms in total. The maximum Gasteiger partial charge on any atom is 0.254 e. The highest BCUT2D eigenvalue weighted by molar-refractivity contribution is 5.95. The van der Waals surface area contributed by atoms with E-state index in [1.54, 1.807) is 28.2 Å². The second kappa shape index (κ2) is 6.10. The van der Waals surface area contributed by atoms with Gasteiger partial charge in [0.05, 0.1) is 12.1 Å². The Morgan fingerprint density at radius 1 is 1.35 bits per heavy atom. The molecule has 0 radical (unpaired) electrons. The minimum atomic E-state index is -0.828. The molecule has 1 aromatic carbocycles. The fraction of sp³-hybridized carbons (Fsp3) is 0.438. The first-order chi connectivity index (χ1) is 11.0. The molecule has 2 heterocycles. The van der Waals surface area contributed by atoms with E-state index < -0.39 is 5.60 Å².